The summed E-state index contributed by atoms with van der Waals surface area (Å²) in [7, 11) is 0. The maximum Gasteiger partial charge on any atom is 0.0941 e. The van der Waals surface area contributed by atoms with E-state index in [1.54, 1.807) is 11.3 Å². The first-order valence-electron chi connectivity index (χ1n) is 6.75. The van der Waals surface area contributed by atoms with E-state index in [4.69, 9.17) is 5.73 Å². The lowest BCUT2D eigenvalue weighted by Gasteiger charge is -2.14. The minimum absolute atomic E-state index is 0.697. The van der Waals surface area contributed by atoms with Crippen LogP contribution >= 0.6 is 11.3 Å². The van der Waals surface area contributed by atoms with Crippen LogP contribution in [0.1, 0.15) is 49.2 Å². The van der Waals surface area contributed by atoms with Crippen molar-refractivity contribution in [3.63, 3.8) is 0 Å². The molecule has 0 unspecified atom stereocenters. The van der Waals surface area contributed by atoms with Crippen LogP contribution in [0.5, 0.6) is 0 Å². The van der Waals surface area contributed by atoms with Gasteiger partial charge in [-0.3, -0.25) is 0 Å². The minimum atomic E-state index is 0.697. The first-order valence-corrected chi connectivity index (χ1v) is 7.63. The summed E-state index contributed by atoms with van der Waals surface area (Å²) in [4.78, 5) is 4.58. The Kier molecular flexibility index (Phi) is 5.42. The Balaban J connectivity index is 1.75. The topological polar surface area (TPSA) is 50.9 Å². The molecule has 1 fully saturated rings. The quantitative estimate of drug-likeness (QED) is 0.793. The van der Waals surface area contributed by atoms with E-state index in [9.17, 15) is 0 Å². The summed E-state index contributed by atoms with van der Waals surface area (Å²) >= 11 is 1.73. The average molecular weight is 253 g/mol. The molecule has 1 heterocycles. The van der Waals surface area contributed by atoms with Crippen molar-refractivity contribution in [1.82, 2.24) is 10.3 Å². The number of aromatic nitrogens is 1. The Labute approximate surface area is 108 Å². The van der Waals surface area contributed by atoms with Gasteiger partial charge in [-0.15, -0.1) is 11.3 Å². The molecule has 3 N–H and O–H groups in total. The van der Waals surface area contributed by atoms with Crippen LogP contribution in [0.3, 0.4) is 0 Å². The lowest BCUT2D eigenvalue weighted by atomic mass is 10.1. The number of rotatable bonds is 5. The standard InChI is InChI=1S/C13H23N3S/c14-8-7-13-16-12(10-17-13)9-15-11-5-3-1-2-4-6-11/h10-11,15H,1-9,14H2. The van der Waals surface area contributed by atoms with Crippen LogP contribution in [0.2, 0.25) is 0 Å². The van der Waals surface area contributed by atoms with Crippen molar-refractivity contribution >= 4 is 11.3 Å². The fourth-order valence-corrected chi connectivity index (χ4v) is 3.21. The molecule has 0 amide bonds. The highest BCUT2D eigenvalue weighted by Crippen LogP contribution is 2.18. The molecule has 0 aromatic carbocycles. The van der Waals surface area contributed by atoms with Gasteiger partial charge < -0.3 is 11.1 Å². The molecule has 4 heteroatoms. The average Bonchev–Trinajstić information content (AvgIpc) is 2.63. The highest BCUT2D eigenvalue weighted by Gasteiger charge is 2.11. The van der Waals surface area contributed by atoms with Crippen LogP contribution in [0.4, 0.5) is 0 Å². The van der Waals surface area contributed by atoms with Gasteiger partial charge in [-0.05, 0) is 19.4 Å². The van der Waals surface area contributed by atoms with Crippen LogP contribution in [0.25, 0.3) is 0 Å². The number of hydrogen-bond acceptors (Lipinski definition) is 4. The van der Waals surface area contributed by atoms with E-state index >= 15 is 0 Å². The number of nitrogens with one attached hydrogen (secondary N) is 1. The van der Waals surface area contributed by atoms with Crippen LogP contribution in [-0.4, -0.2) is 17.6 Å². The third-order valence-electron chi connectivity index (χ3n) is 3.38. The maximum absolute atomic E-state index is 5.53. The Morgan fingerprint density at radius 1 is 1.29 bits per heavy atom. The normalized spacial score (nSPS) is 18.2. The van der Waals surface area contributed by atoms with E-state index < -0.39 is 0 Å². The fraction of sp³-hybridized carbons (Fsp3) is 0.769. The maximum atomic E-state index is 5.53. The molecule has 17 heavy (non-hydrogen) atoms. The zero-order valence-electron chi connectivity index (χ0n) is 10.5. The highest BCUT2D eigenvalue weighted by molar-refractivity contribution is 7.09. The Hall–Kier alpha value is -0.450. The van der Waals surface area contributed by atoms with Gasteiger partial charge in [0.2, 0.25) is 0 Å². The molecule has 3 nitrogen and oxygen atoms in total. The van der Waals surface area contributed by atoms with Crippen LogP contribution in [0.15, 0.2) is 5.38 Å². The zero-order chi connectivity index (χ0) is 11.9. The van der Waals surface area contributed by atoms with E-state index in [0.717, 1.165) is 13.0 Å². The molecule has 1 aliphatic carbocycles. The van der Waals surface area contributed by atoms with Crippen molar-refractivity contribution in [2.45, 2.75) is 57.5 Å². The van der Waals surface area contributed by atoms with Gasteiger partial charge in [-0.2, -0.15) is 0 Å². The van der Waals surface area contributed by atoms with Crippen molar-refractivity contribution in [3.8, 4) is 0 Å². The van der Waals surface area contributed by atoms with E-state index in [1.165, 1.54) is 49.2 Å². The van der Waals surface area contributed by atoms with Crippen LogP contribution in [-0.2, 0) is 13.0 Å². The number of nitrogens with two attached hydrogens (primary N) is 1. The largest absolute Gasteiger partial charge is 0.330 e. The highest BCUT2D eigenvalue weighted by atomic mass is 32.1. The zero-order valence-corrected chi connectivity index (χ0v) is 11.3. The second-order valence-corrected chi connectivity index (χ2v) is 5.78. The second kappa shape index (κ2) is 7.09. The first kappa shape index (κ1) is 13.0. The third kappa shape index (κ3) is 4.37. The van der Waals surface area contributed by atoms with Crippen LogP contribution in [0, 0.1) is 0 Å². The Bertz CT molecular complexity index is 316. The van der Waals surface area contributed by atoms with Crippen molar-refractivity contribution in [2.24, 2.45) is 5.73 Å². The van der Waals surface area contributed by atoms with Crippen molar-refractivity contribution in [1.29, 1.82) is 0 Å². The van der Waals surface area contributed by atoms with Crippen molar-refractivity contribution in [3.05, 3.63) is 16.1 Å². The van der Waals surface area contributed by atoms with Crippen LogP contribution < -0.4 is 11.1 Å². The first-order chi connectivity index (χ1) is 8.38. The number of hydrogen-bond donors (Lipinski definition) is 2. The molecule has 0 spiro atoms. The van der Waals surface area contributed by atoms with Gasteiger partial charge in [0.1, 0.15) is 0 Å². The van der Waals surface area contributed by atoms with Crippen molar-refractivity contribution in [2.75, 3.05) is 6.54 Å². The van der Waals surface area contributed by atoms with Gasteiger partial charge in [0, 0.05) is 24.4 Å². The summed E-state index contributed by atoms with van der Waals surface area (Å²) in [6.07, 6.45) is 9.17. The van der Waals surface area contributed by atoms with Gasteiger partial charge >= 0.3 is 0 Å². The molecule has 0 atom stereocenters. The molecule has 96 valence electrons. The van der Waals surface area contributed by atoms with E-state index in [1.807, 2.05) is 0 Å². The summed E-state index contributed by atoms with van der Waals surface area (Å²) in [6.45, 7) is 1.62. The lowest BCUT2D eigenvalue weighted by Crippen LogP contribution is -2.28. The summed E-state index contributed by atoms with van der Waals surface area (Å²) in [5.41, 5.74) is 6.71. The molecule has 1 saturated carbocycles. The Morgan fingerprint density at radius 3 is 2.76 bits per heavy atom. The molecule has 0 bridgehead atoms. The summed E-state index contributed by atoms with van der Waals surface area (Å²) in [5, 5.41) is 6.98. The number of thiazole rings is 1. The molecule has 1 aliphatic rings. The molecule has 1 aromatic rings. The van der Waals surface area contributed by atoms with Gasteiger partial charge in [0.15, 0.2) is 0 Å². The van der Waals surface area contributed by atoms with Gasteiger partial charge in [-0.1, -0.05) is 25.7 Å². The van der Waals surface area contributed by atoms with Gasteiger partial charge in [-0.25, -0.2) is 4.98 Å². The fourth-order valence-electron chi connectivity index (χ4n) is 2.40. The van der Waals surface area contributed by atoms with E-state index in [0.29, 0.717) is 12.6 Å². The minimum Gasteiger partial charge on any atom is -0.330 e. The second-order valence-electron chi connectivity index (χ2n) is 4.84. The molecular formula is C13H23N3S. The third-order valence-corrected chi connectivity index (χ3v) is 4.34. The van der Waals surface area contributed by atoms with E-state index in [2.05, 4.69) is 15.7 Å². The summed E-state index contributed by atoms with van der Waals surface area (Å²) in [6, 6.07) is 0.706. The van der Waals surface area contributed by atoms with Gasteiger partial charge in [0.25, 0.3) is 0 Å². The Morgan fingerprint density at radius 2 is 2.06 bits per heavy atom. The molecule has 0 radical (unpaired) electrons. The molecule has 0 aliphatic heterocycles. The van der Waals surface area contributed by atoms with Crippen molar-refractivity contribution < 1.29 is 0 Å². The predicted octanol–water partition coefficient (Wildman–Crippen LogP) is 2.46. The molecule has 2 rings (SSSR count). The molecular weight excluding hydrogens is 230 g/mol. The monoisotopic (exact) mass is 253 g/mol. The summed E-state index contributed by atoms with van der Waals surface area (Å²) < 4.78 is 0. The van der Waals surface area contributed by atoms with E-state index in [-0.39, 0.29) is 0 Å². The van der Waals surface area contributed by atoms with Gasteiger partial charge in [0.05, 0.1) is 10.7 Å². The smallest absolute Gasteiger partial charge is 0.0941 e. The number of nitrogens with zero attached hydrogens (tertiary/aromatic N) is 1. The predicted molar refractivity (Wildman–Crippen MR) is 73.2 cm³/mol. The molecule has 1 aromatic heterocycles. The molecule has 0 saturated heterocycles. The SMILES string of the molecule is NCCc1nc(CNC2CCCCCC2)cs1. The summed E-state index contributed by atoms with van der Waals surface area (Å²) in [5.74, 6) is 0. The lowest BCUT2D eigenvalue weighted by molar-refractivity contribution is 0.456.